The molecule has 0 fully saturated rings. The molecule has 3 N–H and O–H groups in total. The van der Waals surface area contributed by atoms with Crippen LogP contribution in [0.4, 0.5) is 11.4 Å². The van der Waals surface area contributed by atoms with Gasteiger partial charge in [-0.1, -0.05) is 17.7 Å². The molecule has 0 saturated carbocycles. The molecule has 0 aliphatic heterocycles. The molecular formula is C9H13ClN2. The number of rotatable bonds is 2. The van der Waals surface area contributed by atoms with E-state index < -0.39 is 0 Å². The van der Waals surface area contributed by atoms with Crippen molar-refractivity contribution in [2.45, 2.75) is 19.9 Å². The van der Waals surface area contributed by atoms with Crippen molar-refractivity contribution >= 4 is 23.0 Å². The normalized spacial score (nSPS) is 10.3. The number of benzene rings is 1. The van der Waals surface area contributed by atoms with Gasteiger partial charge in [-0.2, -0.15) is 0 Å². The topological polar surface area (TPSA) is 38.0 Å². The van der Waals surface area contributed by atoms with Crippen molar-refractivity contribution in [3.63, 3.8) is 0 Å². The van der Waals surface area contributed by atoms with Crippen molar-refractivity contribution in [3.05, 3.63) is 23.2 Å². The summed E-state index contributed by atoms with van der Waals surface area (Å²) in [5.41, 5.74) is 7.13. The lowest BCUT2D eigenvalue weighted by atomic mass is 10.2. The summed E-state index contributed by atoms with van der Waals surface area (Å²) in [5, 5.41) is 3.80. The molecule has 0 aliphatic carbocycles. The average molecular weight is 185 g/mol. The van der Waals surface area contributed by atoms with Crippen LogP contribution in [-0.4, -0.2) is 6.04 Å². The third kappa shape index (κ3) is 2.05. The van der Waals surface area contributed by atoms with Crippen LogP contribution in [0.5, 0.6) is 0 Å². The van der Waals surface area contributed by atoms with Gasteiger partial charge in [0.1, 0.15) is 0 Å². The van der Waals surface area contributed by atoms with E-state index >= 15 is 0 Å². The molecule has 0 heterocycles. The highest BCUT2D eigenvalue weighted by atomic mass is 35.5. The lowest BCUT2D eigenvalue weighted by Crippen LogP contribution is -2.10. The highest BCUT2D eigenvalue weighted by Crippen LogP contribution is 2.27. The maximum Gasteiger partial charge on any atom is 0.0866 e. The summed E-state index contributed by atoms with van der Waals surface area (Å²) in [5.74, 6) is 0. The minimum absolute atomic E-state index is 0.365. The first-order chi connectivity index (χ1) is 5.61. The Bertz CT molecular complexity index is 271. The van der Waals surface area contributed by atoms with Crippen LogP contribution in [0.25, 0.3) is 0 Å². The molecule has 0 unspecified atom stereocenters. The molecular weight excluding hydrogens is 172 g/mol. The molecule has 0 spiro atoms. The molecule has 12 heavy (non-hydrogen) atoms. The Kier molecular flexibility index (Phi) is 2.82. The largest absolute Gasteiger partial charge is 0.397 e. The molecule has 0 bridgehead atoms. The number of nitrogens with one attached hydrogen (secondary N) is 1. The van der Waals surface area contributed by atoms with Gasteiger partial charge in [0.25, 0.3) is 0 Å². The van der Waals surface area contributed by atoms with Crippen LogP contribution in [0.2, 0.25) is 5.02 Å². The van der Waals surface area contributed by atoms with Crippen LogP contribution in [-0.2, 0) is 0 Å². The van der Waals surface area contributed by atoms with Crippen LogP contribution in [0.15, 0.2) is 18.2 Å². The molecule has 66 valence electrons. The molecule has 0 aliphatic rings. The Morgan fingerprint density at radius 3 is 2.67 bits per heavy atom. The van der Waals surface area contributed by atoms with Crippen LogP contribution in [0, 0.1) is 0 Å². The van der Waals surface area contributed by atoms with Crippen LogP contribution < -0.4 is 11.1 Å². The number of nitrogens with two attached hydrogens (primary N) is 1. The molecule has 0 atom stereocenters. The minimum Gasteiger partial charge on any atom is -0.397 e. The lowest BCUT2D eigenvalue weighted by Gasteiger charge is -2.12. The Hall–Kier alpha value is -0.890. The third-order valence-electron chi connectivity index (χ3n) is 1.47. The second kappa shape index (κ2) is 3.68. The van der Waals surface area contributed by atoms with Crippen LogP contribution in [0.1, 0.15) is 13.8 Å². The summed E-state index contributed by atoms with van der Waals surface area (Å²) < 4.78 is 0. The predicted octanol–water partition coefficient (Wildman–Crippen LogP) is 2.74. The Morgan fingerprint density at radius 2 is 2.08 bits per heavy atom. The average Bonchev–Trinajstić information content (AvgIpc) is 1.98. The summed E-state index contributed by atoms with van der Waals surface area (Å²) in [7, 11) is 0. The van der Waals surface area contributed by atoms with Gasteiger partial charge in [0.15, 0.2) is 0 Å². The number of anilines is 2. The second-order valence-electron chi connectivity index (χ2n) is 3.01. The monoisotopic (exact) mass is 184 g/mol. The van der Waals surface area contributed by atoms with Crippen molar-refractivity contribution in [2.75, 3.05) is 11.1 Å². The van der Waals surface area contributed by atoms with E-state index in [9.17, 15) is 0 Å². The van der Waals surface area contributed by atoms with Crippen LogP contribution in [0.3, 0.4) is 0 Å². The second-order valence-corrected chi connectivity index (χ2v) is 3.39. The highest BCUT2D eigenvalue weighted by Gasteiger charge is 2.03. The van der Waals surface area contributed by atoms with Crippen molar-refractivity contribution in [3.8, 4) is 0 Å². The molecule has 0 saturated heterocycles. The third-order valence-corrected chi connectivity index (χ3v) is 1.89. The quantitative estimate of drug-likeness (QED) is 0.694. The molecule has 0 aromatic heterocycles. The molecule has 3 heteroatoms. The Morgan fingerprint density at radius 1 is 1.42 bits per heavy atom. The van der Waals surface area contributed by atoms with Gasteiger partial charge in [0.2, 0.25) is 0 Å². The molecule has 0 radical (unpaired) electrons. The zero-order valence-corrected chi connectivity index (χ0v) is 8.02. The zero-order valence-electron chi connectivity index (χ0n) is 7.26. The van der Waals surface area contributed by atoms with Gasteiger partial charge < -0.3 is 11.1 Å². The van der Waals surface area contributed by atoms with Crippen molar-refractivity contribution < 1.29 is 0 Å². The van der Waals surface area contributed by atoms with E-state index in [2.05, 4.69) is 19.2 Å². The van der Waals surface area contributed by atoms with Crippen molar-refractivity contribution in [1.29, 1.82) is 0 Å². The SMILES string of the molecule is CC(C)Nc1cccc(N)c1Cl. The van der Waals surface area contributed by atoms with Crippen molar-refractivity contribution in [2.24, 2.45) is 0 Å². The predicted molar refractivity (Wildman–Crippen MR) is 54.6 cm³/mol. The summed E-state index contributed by atoms with van der Waals surface area (Å²) in [6, 6.07) is 5.95. The minimum atomic E-state index is 0.365. The summed E-state index contributed by atoms with van der Waals surface area (Å²) in [4.78, 5) is 0. The van der Waals surface area contributed by atoms with Gasteiger partial charge in [-0.25, -0.2) is 0 Å². The van der Waals surface area contributed by atoms with E-state index in [0.29, 0.717) is 16.8 Å². The fourth-order valence-corrected chi connectivity index (χ4v) is 1.15. The summed E-state index contributed by atoms with van der Waals surface area (Å²) >= 11 is 5.95. The van der Waals surface area contributed by atoms with Crippen LogP contribution >= 0.6 is 11.6 Å². The van der Waals surface area contributed by atoms with E-state index in [1.807, 2.05) is 12.1 Å². The zero-order chi connectivity index (χ0) is 9.14. The summed E-state index contributed by atoms with van der Waals surface area (Å²) in [6.07, 6.45) is 0. The fraction of sp³-hybridized carbons (Fsp3) is 0.333. The number of hydrogen-bond acceptors (Lipinski definition) is 2. The van der Waals surface area contributed by atoms with Gasteiger partial charge in [-0.05, 0) is 26.0 Å². The van der Waals surface area contributed by atoms with Crippen molar-refractivity contribution in [1.82, 2.24) is 0 Å². The number of nitrogen functional groups attached to an aromatic ring is 1. The molecule has 0 amide bonds. The maximum atomic E-state index is 5.95. The molecule has 2 nitrogen and oxygen atoms in total. The van der Waals surface area contributed by atoms with E-state index in [0.717, 1.165) is 5.69 Å². The molecule has 1 aromatic carbocycles. The highest BCUT2D eigenvalue weighted by molar-refractivity contribution is 6.35. The number of halogens is 1. The lowest BCUT2D eigenvalue weighted by molar-refractivity contribution is 0.900. The van der Waals surface area contributed by atoms with E-state index in [4.69, 9.17) is 17.3 Å². The van der Waals surface area contributed by atoms with E-state index in [-0.39, 0.29) is 0 Å². The van der Waals surface area contributed by atoms with Gasteiger partial charge >= 0.3 is 0 Å². The Labute approximate surface area is 77.7 Å². The first-order valence-corrected chi connectivity index (χ1v) is 4.29. The maximum absolute atomic E-state index is 5.95. The smallest absolute Gasteiger partial charge is 0.0866 e. The number of hydrogen-bond donors (Lipinski definition) is 2. The first kappa shape index (κ1) is 9.20. The Balaban J connectivity index is 2.92. The van der Waals surface area contributed by atoms with E-state index in [1.165, 1.54) is 0 Å². The standard InChI is InChI=1S/C9H13ClN2/c1-6(2)12-8-5-3-4-7(11)9(8)10/h3-6,12H,11H2,1-2H3. The van der Waals surface area contributed by atoms with Gasteiger partial charge in [-0.15, -0.1) is 0 Å². The first-order valence-electron chi connectivity index (χ1n) is 3.92. The van der Waals surface area contributed by atoms with E-state index in [1.54, 1.807) is 6.07 Å². The summed E-state index contributed by atoms with van der Waals surface area (Å²) in [6.45, 7) is 4.11. The van der Waals surface area contributed by atoms with Gasteiger partial charge in [0.05, 0.1) is 16.4 Å². The van der Waals surface area contributed by atoms with Gasteiger partial charge in [-0.3, -0.25) is 0 Å². The van der Waals surface area contributed by atoms with Gasteiger partial charge in [0, 0.05) is 6.04 Å². The molecule has 1 aromatic rings. The fourth-order valence-electron chi connectivity index (χ4n) is 0.972. The molecule has 1 rings (SSSR count).